The van der Waals surface area contributed by atoms with Gasteiger partial charge in [0, 0.05) is 26.2 Å². The third-order valence-corrected chi connectivity index (χ3v) is 6.14. The van der Waals surface area contributed by atoms with Gasteiger partial charge in [0.15, 0.2) is 0 Å². The molecule has 1 aromatic rings. The highest BCUT2D eigenvalue weighted by atomic mass is 35.5. The third kappa shape index (κ3) is 5.66. The smallest absolute Gasteiger partial charge is 0.322 e. The Bertz CT molecular complexity index is 761. The van der Waals surface area contributed by atoms with E-state index in [4.69, 9.17) is 5.11 Å². The van der Waals surface area contributed by atoms with E-state index >= 15 is 0 Å². The Hall–Kier alpha value is -1.68. The first-order valence-electron chi connectivity index (χ1n) is 7.98. The molecule has 10 heteroatoms. The van der Waals surface area contributed by atoms with E-state index in [2.05, 4.69) is 5.32 Å². The summed E-state index contributed by atoms with van der Waals surface area (Å²) in [5.41, 5.74) is 1.60. The molecule has 0 aliphatic carbocycles. The molecular weight excluding hydrogens is 382 g/mol. The lowest BCUT2D eigenvalue weighted by Crippen LogP contribution is -2.51. The summed E-state index contributed by atoms with van der Waals surface area (Å²) in [5.74, 6) is -1.48. The van der Waals surface area contributed by atoms with Crippen molar-refractivity contribution in [1.82, 2.24) is 14.5 Å². The van der Waals surface area contributed by atoms with E-state index in [0.29, 0.717) is 36.6 Å². The van der Waals surface area contributed by atoms with Gasteiger partial charge < -0.3 is 10.4 Å². The van der Waals surface area contributed by atoms with Crippen LogP contribution in [-0.2, 0) is 19.6 Å². The summed E-state index contributed by atoms with van der Waals surface area (Å²) >= 11 is 0. The molecule has 1 aliphatic rings. The number of hydrogen-bond donors (Lipinski definition) is 2. The van der Waals surface area contributed by atoms with Gasteiger partial charge in [0.2, 0.25) is 15.9 Å². The zero-order valence-electron chi connectivity index (χ0n) is 14.8. The number of amides is 1. The van der Waals surface area contributed by atoms with Gasteiger partial charge in [-0.3, -0.25) is 14.5 Å². The van der Waals surface area contributed by atoms with Gasteiger partial charge in [-0.15, -0.1) is 12.4 Å². The van der Waals surface area contributed by atoms with Gasteiger partial charge >= 0.3 is 5.97 Å². The normalized spacial score (nSPS) is 15.9. The fourth-order valence-corrected chi connectivity index (χ4v) is 4.42. The Morgan fingerprint density at radius 2 is 1.77 bits per heavy atom. The number of carbonyl (C=O) groups excluding carboxylic acids is 1. The fourth-order valence-electron chi connectivity index (χ4n) is 2.69. The maximum atomic E-state index is 12.8. The largest absolute Gasteiger partial charge is 0.480 e. The Kier molecular flexibility index (Phi) is 8.01. The molecule has 0 bridgehead atoms. The number of aliphatic carboxylic acids is 1. The fraction of sp³-hybridized carbons (Fsp3) is 0.500. The SMILES string of the molecule is Cc1ccc(C)c(S(=O)(=O)N2CCN(CC(=O)NCC(=O)O)CC2)c1.Cl. The quantitative estimate of drug-likeness (QED) is 0.701. The highest BCUT2D eigenvalue weighted by Crippen LogP contribution is 2.22. The summed E-state index contributed by atoms with van der Waals surface area (Å²) in [6.07, 6.45) is 0. The number of benzene rings is 1. The van der Waals surface area contributed by atoms with Crippen LogP contribution in [-0.4, -0.2) is 73.9 Å². The van der Waals surface area contributed by atoms with E-state index in [-0.39, 0.29) is 24.9 Å². The van der Waals surface area contributed by atoms with Crippen molar-refractivity contribution in [3.05, 3.63) is 29.3 Å². The number of carboxylic acids is 1. The summed E-state index contributed by atoms with van der Waals surface area (Å²) in [6, 6.07) is 5.35. The molecule has 2 rings (SSSR count). The van der Waals surface area contributed by atoms with E-state index in [1.54, 1.807) is 19.1 Å². The minimum absolute atomic E-state index is 0. The molecule has 26 heavy (non-hydrogen) atoms. The van der Waals surface area contributed by atoms with E-state index in [1.165, 1.54) is 4.31 Å². The molecule has 8 nitrogen and oxygen atoms in total. The lowest BCUT2D eigenvalue weighted by atomic mass is 10.2. The van der Waals surface area contributed by atoms with Gasteiger partial charge in [-0.2, -0.15) is 4.31 Å². The minimum Gasteiger partial charge on any atom is -0.480 e. The molecule has 146 valence electrons. The summed E-state index contributed by atoms with van der Waals surface area (Å²) in [6.45, 7) is 4.70. The average Bonchev–Trinajstić information content (AvgIpc) is 2.55. The van der Waals surface area contributed by atoms with Crippen LogP contribution in [0.25, 0.3) is 0 Å². The van der Waals surface area contributed by atoms with Crippen LogP contribution in [0.4, 0.5) is 0 Å². The highest BCUT2D eigenvalue weighted by Gasteiger charge is 2.30. The first kappa shape index (κ1) is 22.4. The van der Waals surface area contributed by atoms with E-state index in [9.17, 15) is 18.0 Å². The Morgan fingerprint density at radius 1 is 1.15 bits per heavy atom. The van der Waals surface area contributed by atoms with Crippen LogP contribution in [0.15, 0.2) is 23.1 Å². The monoisotopic (exact) mass is 405 g/mol. The van der Waals surface area contributed by atoms with Crippen molar-refractivity contribution >= 4 is 34.3 Å². The first-order chi connectivity index (χ1) is 11.7. The second kappa shape index (κ2) is 9.31. The third-order valence-electron chi connectivity index (χ3n) is 4.10. The number of nitrogens with one attached hydrogen (secondary N) is 1. The van der Waals surface area contributed by atoms with Gasteiger partial charge in [-0.1, -0.05) is 12.1 Å². The van der Waals surface area contributed by atoms with E-state index in [0.717, 1.165) is 5.56 Å². The molecule has 1 aromatic carbocycles. The van der Waals surface area contributed by atoms with E-state index in [1.807, 2.05) is 17.9 Å². The molecule has 1 heterocycles. The maximum Gasteiger partial charge on any atom is 0.322 e. The second-order valence-electron chi connectivity index (χ2n) is 6.12. The van der Waals surface area contributed by atoms with Crippen LogP contribution in [0.3, 0.4) is 0 Å². The summed E-state index contributed by atoms with van der Waals surface area (Å²) in [5, 5.41) is 10.8. The molecule has 0 saturated carbocycles. The number of piperazine rings is 1. The predicted octanol–water partition coefficient (Wildman–Crippen LogP) is 0.232. The summed E-state index contributed by atoms with van der Waals surface area (Å²) in [7, 11) is -3.56. The number of aryl methyl sites for hydroxylation is 2. The maximum absolute atomic E-state index is 12.8. The van der Waals surface area contributed by atoms with Crippen molar-refractivity contribution in [3.63, 3.8) is 0 Å². The van der Waals surface area contributed by atoms with Crippen molar-refractivity contribution in [1.29, 1.82) is 0 Å². The average molecular weight is 406 g/mol. The molecule has 0 spiro atoms. The van der Waals surface area contributed by atoms with Gasteiger partial charge in [-0.05, 0) is 31.0 Å². The number of carboxylic acid groups (broad SMARTS) is 1. The number of halogens is 1. The van der Waals surface area contributed by atoms with Crippen molar-refractivity contribution in [2.45, 2.75) is 18.7 Å². The summed E-state index contributed by atoms with van der Waals surface area (Å²) in [4.78, 5) is 24.2. The molecule has 1 aliphatic heterocycles. The lowest BCUT2D eigenvalue weighted by Gasteiger charge is -2.33. The summed E-state index contributed by atoms with van der Waals surface area (Å²) < 4.78 is 27.1. The molecular formula is C16H24ClN3O5S. The first-order valence-corrected chi connectivity index (χ1v) is 9.42. The zero-order chi connectivity index (χ0) is 18.6. The molecule has 0 atom stereocenters. The standard InChI is InChI=1S/C16H23N3O5S.ClH/c1-12-3-4-13(2)14(9-12)25(23,24)19-7-5-18(6-8-19)11-15(20)17-10-16(21)22;/h3-4,9H,5-8,10-11H2,1-2H3,(H,17,20)(H,21,22);1H. The topological polar surface area (TPSA) is 107 Å². The van der Waals surface area contributed by atoms with Crippen molar-refractivity contribution in [3.8, 4) is 0 Å². The Labute approximate surface area is 159 Å². The van der Waals surface area contributed by atoms with Gasteiger partial charge in [-0.25, -0.2) is 8.42 Å². The Balaban J connectivity index is 0.00000338. The van der Waals surface area contributed by atoms with Crippen LogP contribution in [0.2, 0.25) is 0 Å². The Morgan fingerprint density at radius 3 is 2.35 bits per heavy atom. The molecule has 0 radical (unpaired) electrons. The zero-order valence-corrected chi connectivity index (χ0v) is 16.4. The molecule has 2 N–H and O–H groups in total. The van der Waals surface area contributed by atoms with Crippen molar-refractivity contribution in [2.75, 3.05) is 39.3 Å². The van der Waals surface area contributed by atoms with Gasteiger partial charge in [0.05, 0.1) is 11.4 Å². The lowest BCUT2D eigenvalue weighted by molar-refractivity contribution is -0.138. The number of hydrogen-bond acceptors (Lipinski definition) is 5. The van der Waals surface area contributed by atoms with Crippen LogP contribution in [0.1, 0.15) is 11.1 Å². The minimum atomic E-state index is -3.56. The second-order valence-corrected chi connectivity index (χ2v) is 8.03. The number of nitrogens with zero attached hydrogens (tertiary/aromatic N) is 2. The van der Waals surface area contributed by atoms with Crippen LogP contribution < -0.4 is 5.32 Å². The van der Waals surface area contributed by atoms with Crippen molar-refractivity contribution < 1.29 is 23.1 Å². The molecule has 0 aromatic heterocycles. The van der Waals surface area contributed by atoms with E-state index < -0.39 is 22.5 Å². The molecule has 0 unspecified atom stereocenters. The molecule has 1 amide bonds. The van der Waals surface area contributed by atoms with Crippen LogP contribution in [0, 0.1) is 13.8 Å². The number of carbonyl (C=O) groups is 2. The number of rotatable bonds is 6. The van der Waals surface area contributed by atoms with Gasteiger partial charge in [0.25, 0.3) is 0 Å². The highest BCUT2D eigenvalue weighted by molar-refractivity contribution is 7.89. The van der Waals surface area contributed by atoms with Crippen LogP contribution in [0.5, 0.6) is 0 Å². The van der Waals surface area contributed by atoms with Crippen molar-refractivity contribution in [2.24, 2.45) is 0 Å². The van der Waals surface area contributed by atoms with Gasteiger partial charge in [0.1, 0.15) is 6.54 Å². The molecule has 1 fully saturated rings. The molecule has 1 saturated heterocycles. The number of sulfonamides is 1. The predicted molar refractivity (Wildman–Crippen MR) is 99.0 cm³/mol. The van der Waals surface area contributed by atoms with Crippen LogP contribution >= 0.6 is 12.4 Å².